The van der Waals surface area contributed by atoms with Crippen LogP contribution in [0.2, 0.25) is 0 Å². The van der Waals surface area contributed by atoms with Crippen molar-refractivity contribution in [3.05, 3.63) is 5.82 Å². The van der Waals surface area contributed by atoms with Crippen molar-refractivity contribution < 1.29 is 14.7 Å². The van der Waals surface area contributed by atoms with Gasteiger partial charge >= 0.3 is 5.97 Å². The highest BCUT2D eigenvalue weighted by Crippen LogP contribution is 2.06. The lowest BCUT2D eigenvalue weighted by Gasteiger charge is -2.22. The van der Waals surface area contributed by atoms with E-state index in [0.717, 1.165) is 4.90 Å². The highest BCUT2D eigenvalue weighted by atomic mass is 16.4. The van der Waals surface area contributed by atoms with E-state index in [1.807, 2.05) is 0 Å². The number of likely N-dealkylation sites (N-methyl/N-ethyl adjacent to an activating group) is 1. The molecule has 0 aliphatic carbocycles. The van der Waals surface area contributed by atoms with E-state index in [1.54, 1.807) is 6.92 Å². The zero-order valence-corrected chi connectivity index (χ0v) is 8.97. The van der Waals surface area contributed by atoms with Crippen molar-refractivity contribution in [3.8, 4) is 0 Å². The maximum Gasteiger partial charge on any atom is 0.326 e. The third kappa shape index (κ3) is 2.27. The quantitative estimate of drug-likeness (QED) is 0.625. The molecule has 1 atom stereocenters. The van der Waals surface area contributed by atoms with Crippen LogP contribution in [0.4, 0.5) is 5.95 Å². The Kier molecular flexibility index (Phi) is 3.44. The number of carboxylic acids is 1. The molecule has 0 fully saturated rings. The summed E-state index contributed by atoms with van der Waals surface area (Å²) in [5.41, 5.74) is 5.24. The second-order valence-electron chi connectivity index (χ2n) is 3.22. The normalized spacial score (nSPS) is 12.1. The van der Waals surface area contributed by atoms with Gasteiger partial charge < -0.3 is 15.7 Å². The summed E-state index contributed by atoms with van der Waals surface area (Å²) in [4.78, 5) is 27.3. The molecule has 0 aliphatic rings. The van der Waals surface area contributed by atoms with Crippen LogP contribution < -0.4 is 5.73 Å². The van der Waals surface area contributed by atoms with Gasteiger partial charge in [-0.15, -0.1) is 5.10 Å². The molecule has 1 amide bonds. The summed E-state index contributed by atoms with van der Waals surface area (Å²) >= 11 is 0. The number of anilines is 1. The number of carboxylic acid groups (broad SMARTS) is 1. The molecule has 8 nitrogen and oxygen atoms in total. The van der Waals surface area contributed by atoms with Gasteiger partial charge in [-0.1, -0.05) is 6.92 Å². The number of amides is 1. The van der Waals surface area contributed by atoms with Crippen molar-refractivity contribution in [2.75, 3.05) is 12.8 Å². The number of carbonyl (C=O) groups is 2. The molecule has 1 aromatic rings. The Hall–Kier alpha value is -2.12. The lowest BCUT2D eigenvalue weighted by atomic mass is 10.2. The number of aromatic nitrogens is 3. The highest BCUT2D eigenvalue weighted by Gasteiger charge is 2.27. The van der Waals surface area contributed by atoms with Crippen LogP contribution in [0.25, 0.3) is 0 Å². The minimum atomic E-state index is -1.06. The molecule has 1 unspecified atom stereocenters. The third-order valence-electron chi connectivity index (χ3n) is 2.16. The fourth-order valence-corrected chi connectivity index (χ4v) is 1.29. The molecule has 0 saturated heterocycles. The molecule has 88 valence electrons. The smallest absolute Gasteiger partial charge is 0.326 e. The third-order valence-corrected chi connectivity index (χ3v) is 2.16. The summed E-state index contributed by atoms with van der Waals surface area (Å²) in [7, 11) is 1.39. The van der Waals surface area contributed by atoms with E-state index >= 15 is 0 Å². The van der Waals surface area contributed by atoms with E-state index in [2.05, 4.69) is 15.2 Å². The highest BCUT2D eigenvalue weighted by molar-refractivity contribution is 5.93. The fourth-order valence-electron chi connectivity index (χ4n) is 1.29. The molecule has 0 saturated carbocycles. The van der Waals surface area contributed by atoms with Crippen LogP contribution in [0, 0.1) is 0 Å². The van der Waals surface area contributed by atoms with Gasteiger partial charge in [-0.05, 0) is 6.42 Å². The van der Waals surface area contributed by atoms with Crippen LogP contribution in [0.5, 0.6) is 0 Å². The molecule has 0 radical (unpaired) electrons. The minimum Gasteiger partial charge on any atom is -0.480 e. The number of hydrogen-bond donors (Lipinski definition) is 3. The van der Waals surface area contributed by atoms with Gasteiger partial charge in [0.1, 0.15) is 6.04 Å². The van der Waals surface area contributed by atoms with Crippen LogP contribution in [0.3, 0.4) is 0 Å². The van der Waals surface area contributed by atoms with Crippen molar-refractivity contribution in [2.24, 2.45) is 0 Å². The van der Waals surface area contributed by atoms with Crippen molar-refractivity contribution in [2.45, 2.75) is 19.4 Å². The molecule has 16 heavy (non-hydrogen) atoms. The predicted octanol–water partition coefficient (Wildman–Crippen LogP) is -0.678. The van der Waals surface area contributed by atoms with Crippen molar-refractivity contribution in [1.82, 2.24) is 20.1 Å². The maximum absolute atomic E-state index is 11.7. The van der Waals surface area contributed by atoms with Gasteiger partial charge in [0.25, 0.3) is 5.91 Å². The van der Waals surface area contributed by atoms with Gasteiger partial charge in [0.2, 0.25) is 11.8 Å². The first-order chi connectivity index (χ1) is 7.47. The number of aliphatic carboxylic acids is 1. The van der Waals surface area contributed by atoms with Crippen molar-refractivity contribution >= 4 is 17.8 Å². The first-order valence-corrected chi connectivity index (χ1v) is 4.65. The zero-order valence-electron chi connectivity index (χ0n) is 8.97. The molecule has 4 N–H and O–H groups in total. The lowest BCUT2D eigenvalue weighted by molar-refractivity contribution is -0.142. The molecule has 1 heterocycles. The number of H-pyrrole nitrogens is 1. The first-order valence-electron chi connectivity index (χ1n) is 4.65. The number of nitrogen functional groups attached to an aromatic ring is 1. The number of rotatable bonds is 4. The first kappa shape index (κ1) is 12.0. The number of hydrogen-bond acceptors (Lipinski definition) is 5. The summed E-state index contributed by atoms with van der Waals surface area (Å²) in [6.45, 7) is 1.68. The Morgan fingerprint density at radius 2 is 2.25 bits per heavy atom. The van der Waals surface area contributed by atoms with Crippen molar-refractivity contribution in [3.63, 3.8) is 0 Å². The molecule has 0 bridgehead atoms. The van der Waals surface area contributed by atoms with E-state index < -0.39 is 17.9 Å². The summed E-state index contributed by atoms with van der Waals surface area (Å²) in [5, 5.41) is 14.7. The molecule has 1 aromatic heterocycles. The molecular formula is C8H13N5O3. The molecular weight excluding hydrogens is 214 g/mol. The Bertz CT molecular complexity index is 402. The van der Waals surface area contributed by atoms with Crippen LogP contribution in [-0.4, -0.2) is 50.2 Å². The van der Waals surface area contributed by atoms with Gasteiger partial charge in [-0.25, -0.2) is 4.79 Å². The number of aromatic amines is 1. The summed E-state index contributed by atoms with van der Waals surface area (Å²) in [6.07, 6.45) is 0.307. The summed E-state index contributed by atoms with van der Waals surface area (Å²) in [6, 6.07) is -0.890. The van der Waals surface area contributed by atoms with Crippen LogP contribution in [0.1, 0.15) is 24.0 Å². The van der Waals surface area contributed by atoms with Gasteiger partial charge in [0.15, 0.2) is 0 Å². The second-order valence-corrected chi connectivity index (χ2v) is 3.22. The topological polar surface area (TPSA) is 125 Å². The average molecular weight is 227 g/mol. The number of nitrogens with one attached hydrogen (secondary N) is 1. The van der Waals surface area contributed by atoms with E-state index in [1.165, 1.54) is 7.05 Å². The van der Waals surface area contributed by atoms with Gasteiger partial charge in [0.05, 0.1) is 0 Å². The SMILES string of the molecule is CCC(C(=O)O)N(C)C(=O)c1nc(N)n[nH]1. The van der Waals surface area contributed by atoms with E-state index in [4.69, 9.17) is 10.8 Å². The van der Waals surface area contributed by atoms with Crippen LogP contribution >= 0.6 is 0 Å². The number of carbonyl (C=O) groups excluding carboxylic acids is 1. The Morgan fingerprint density at radius 1 is 1.62 bits per heavy atom. The van der Waals surface area contributed by atoms with Gasteiger partial charge in [-0.2, -0.15) is 4.98 Å². The molecule has 8 heteroatoms. The van der Waals surface area contributed by atoms with E-state index in [9.17, 15) is 9.59 Å². The molecule has 0 spiro atoms. The monoisotopic (exact) mass is 227 g/mol. The Morgan fingerprint density at radius 3 is 2.62 bits per heavy atom. The van der Waals surface area contributed by atoms with Crippen LogP contribution in [-0.2, 0) is 4.79 Å². The summed E-state index contributed by atoms with van der Waals surface area (Å²) in [5.74, 6) is -1.75. The van der Waals surface area contributed by atoms with E-state index in [-0.39, 0.29) is 11.8 Å². The fraction of sp³-hybridized carbons (Fsp3) is 0.500. The average Bonchev–Trinajstić information content (AvgIpc) is 2.64. The minimum absolute atomic E-state index is 0.0554. The van der Waals surface area contributed by atoms with E-state index in [0.29, 0.717) is 6.42 Å². The number of nitrogens with zero attached hydrogens (tertiary/aromatic N) is 3. The predicted molar refractivity (Wildman–Crippen MR) is 54.6 cm³/mol. The maximum atomic E-state index is 11.7. The standard InChI is InChI=1S/C8H13N5O3/c1-3-4(7(15)16)13(2)6(14)5-10-8(9)12-11-5/h4H,3H2,1-2H3,(H,15,16)(H3,9,10,11,12). The van der Waals surface area contributed by atoms with Crippen LogP contribution in [0.15, 0.2) is 0 Å². The lowest BCUT2D eigenvalue weighted by Crippen LogP contribution is -2.42. The summed E-state index contributed by atoms with van der Waals surface area (Å²) < 4.78 is 0. The molecule has 0 aromatic carbocycles. The largest absolute Gasteiger partial charge is 0.480 e. The molecule has 1 rings (SSSR count). The second kappa shape index (κ2) is 4.60. The van der Waals surface area contributed by atoms with Gasteiger partial charge in [0, 0.05) is 7.05 Å². The Labute approximate surface area is 91.5 Å². The van der Waals surface area contributed by atoms with Crippen molar-refractivity contribution in [1.29, 1.82) is 0 Å². The number of nitrogens with two attached hydrogens (primary N) is 1. The Balaban J connectivity index is 2.85. The zero-order chi connectivity index (χ0) is 12.3. The van der Waals surface area contributed by atoms with Gasteiger partial charge in [-0.3, -0.25) is 9.89 Å². The molecule has 0 aliphatic heterocycles.